The van der Waals surface area contributed by atoms with Crippen LogP contribution in [0.1, 0.15) is 16.1 Å². The van der Waals surface area contributed by atoms with Gasteiger partial charge in [0.15, 0.2) is 0 Å². The highest BCUT2D eigenvalue weighted by atomic mass is 16.2. The molecule has 0 aliphatic carbocycles. The molecule has 0 spiro atoms. The fourth-order valence-electron chi connectivity index (χ4n) is 1.45. The molecule has 0 saturated heterocycles. The zero-order valence-electron chi connectivity index (χ0n) is 9.83. The van der Waals surface area contributed by atoms with E-state index < -0.39 is 0 Å². The summed E-state index contributed by atoms with van der Waals surface area (Å²) in [4.78, 5) is 30.5. The lowest BCUT2D eigenvalue weighted by atomic mass is 10.2. The van der Waals surface area contributed by atoms with E-state index in [2.05, 4.69) is 15.3 Å². The lowest BCUT2D eigenvalue weighted by Crippen LogP contribution is -2.25. The first-order valence-corrected chi connectivity index (χ1v) is 5.36. The molecule has 92 valence electrons. The standard InChI is InChI=1S/C12H12N4O2/c1-16-7-9(2-3-11(16)17)6-14-12(18)10-4-5-13-8-15-10/h2-5,7-8H,6H2,1H3,(H,14,18). The second-order valence-corrected chi connectivity index (χ2v) is 3.76. The lowest BCUT2D eigenvalue weighted by molar-refractivity contribution is 0.0945. The predicted octanol–water partition coefficient (Wildman–Crippen LogP) is 0.105. The molecule has 2 aromatic rings. The highest BCUT2D eigenvalue weighted by Gasteiger charge is 2.05. The Balaban J connectivity index is 2.02. The maximum atomic E-state index is 11.7. The maximum absolute atomic E-state index is 11.7. The van der Waals surface area contributed by atoms with Crippen LogP contribution < -0.4 is 10.9 Å². The number of hydrogen-bond donors (Lipinski definition) is 1. The van der Waals surface area contributed by atoms with Crippen LogP contribution in [0.5, 0.6) is 0 Å². The van der Waals surface area contributed by atoms with Gasteiger partial charge in [-0.1, -0.05) is 6.07 Å². The molecule has 0 atom stereocenters. The average molecular weight is 244 g/mol. The molecular formula is C12H12N4O2. The van der Waals surface area contributed by atoms with Crippen molar-refractivity contribution in [1.82, 2.24) is 19.9 Å². The monoisotopic (exact) mass is 244 g/mol. The minimum absolute atomic E-state index is 0.0825. The summed E-state index contributed by atoms with van der Waals surface area (Å²) >= 11 is 0. The van der Waals surface area contributed by atoms with Gasteiger partial charge in [0.05, 0.1) is 0 Å². The zero-order chi connectivity index (χ0) is 13.0. The first kappa shape index (κ1) is 12.0. The molecule has 1 N–H and O–H groups in total. The normalized spacial score (nSPS) is 10.1. The molecule has 0 bridgehead atoms. The number of hydrogen-bond acceptors (Lipinski definition) is 4. The molecular weight excluding hydrogens is 232 g/mol. The Bertz CT molecular complexity index is 607. The number of nitrogens with zero attached hydrogens (tertiary/aromatic N) is 3. The Kier molecular flexibility index (Phi) is 3.47. The van der Waals surface area contributed by atoms with Crippen molar-refractivity contribution in [2.75, 3.05) is 0 Å². The molecule has 6 heteroatoms. The third-order valence-corrected chi connectivity index (χ3v) is 2.41. The predicted molar refractivity (Wildman–Crippen MR) is 64.9 cm³/mol. The first-order chi connectivity index (χ1) is 8.66. The number of carbonyl (C=O) groups excluding carboxylic acids is 1. The number of amides is 1. The molecule has 6 nitrogen and oxygen atoms in total. The Labute approximate surface area is 103 Å². The van der Waals surface area contributed by atoms with E-state index in [0.717, 1.165) is 5.56 Å². The van der Waals surface area contributed by atoms with Gasteiger partial charge in [0.1, 0.15) is 12.0 Å². The van der Waals surface area contributed by atoms with Crippen LogP contribution in [0.3, 0.4) is 0 Å². The van der Waals surface area contributed by atoms with Crippen molar-refractivity contribution in [3.8, 4) is 0 Å². The van der Waals surface area contributed by atoms with Crippen molar-refractivity contribution >= 4 is 5.91 Å². The number of nitrogens with one attached hydrogen (secondary N) is 1. The van der Waals surface area contributed by atoms with Gasteiger partial charge in [-0.25, -0.2) is 9.97 Å². The van der Waals surface area contributed by atoms with E-state index in [4.69, 9.17) is 0 Å². The topological polar surface area (TPSA) is 76.9 Å². The molecule has 2 rings (SSSR count). The molecule has 0 unspecified atom stereocenters. The van der Waals surface area contributed by atoms with Crippen LogP contribution in [0.15, 0.2) is 41.7 Å². The number of carbonyl (C=O) groups is 1. The highest BCUT2D eigenvalue weighted by Crippen LogP contribution is 1.96. The summed E-state index contributed by atoms with van der Waals surface area (Å²) < 4.78 is 1.46. The molecule has 2 heterocycles. The molecule has 0 saturated carbocycles. The van der Waals surface area contributed by atoms with Crippen LogP contribution in [0, 0.1) is 0 Å². The van der Waals surface area contributed by atoms with Crippen LogP contribution in [0.4, 0.5) is 0 Å². The van der Waals surface area contributed by atoms with Gasteiger partial charge in [-0.3, -0.25) is 9.59 Å². The van der Waals surface area contributed by atoms with Gasteiger partial charge in [-0.2, -0.15) is 0 Å². The first-order valence-electron chi connectivity index (χ1n) is 5.36. The molecule has 0 aliphatic rings. The summed E-state index contributed by atoms with van der Waals surface area (Å²) in [5, 5.41) is 2.72. The fraction of sp³-hybridized carbons (Fsp3) is 0.167. The summed E-state index contributed by atoms with van der Waals surface area (Å²) in [6, 6.07) is 4.69. The number of aryl methyl sites for hydroxylation is 1. The van der Waals surface area contributed by atoms with Crippen LogP contribution in [-0.4, -0.2) is 20.4 Å². The van der Waals surface area contributed by atoms with Crippen LogP contribution in [0.2, 0.25) is 0 Å². The second-order valence-electron chi connectivity index (χ2n) is 3.76. The average Bonchev–Trinajstić information content (AvgIpc) is 2.41. The molecule has 0 aromatic carbocycles. The van der Waals surface area contributed by atoms with Gasteiger partial charge in [-0.05, 0) is 11.6 Å². The SMILES string of the molecule is Cn1cc(CNC(=O)c2ccncn2)ccc1=O. The summed E-state index contributed by atoms with van der Waals surface area (Å²) in [5.41, 5.74) is 1.08. The Morgan fingerprint density at radius 1 is 1.39 bits per heavy atom. The molecule has 0 radical (unpaired) electrons. The minimum atomic E-state index is -0.272. The highest BCUT2D eigenvalue weighted by molar-refractivity contribution is 5.91. The Morgan fingerprint density at radius 2 is 2.22 bits per heavy atom. The van der Waals surface area contributed by atoms with Crippen molar-refractivity contribution in [1.29, 1.82) is 0 Å². The minimum Gasteiger partial charge on any atom is -0.347 e. The Morgan fingerprint density at radius 3 is 2.89 bits per heavy atom. The molecule has 2 aromatic heterocycles. The van der Waals surface area contributed by atoms with Crippen LogP contribution in [-0.2, 0) is 13.6 Å². The van der Waals surface area contributed by atoms with Crippen molar-refractivity contribution in [2.45, 2.75) is 6.54 Å². The number of aromatic nitrogens is 3. The van der Waals surface area contributed by atoms with Gasteiger partial charge in [-0.15, -0.1) is 0 Å². The van der Waals surface area contributed by atoms with E-state index in [1.807, 2.05) is 0 Å². The number of rotatable bonds is 3. The smallest absolute Gasteiger partial charge is 0.270 e. The van der Waals surface area contributed by atoms with Crippen molar-refractivity contribution in [2.24, 2.45) is 7.05 Å². The molecule has 0 fully saturated rings. The van der Waals surface area contributed by atoms with E-state index in [9.17, 15) is 9.59 Å². The zero-order valence-corrected chi connectivity index (χ0v) is 9.83. The van der Waals surface area contributed by atoms with E-state index in [1.165, 1.54) is 29.2 Å². The van der Waals surface area contributed by atoms with E-state index in [0.29, 0.717) is 12.2 Å². The quantitative estimate of drug-likeness (QED) is 0.831. The van der Waals surface area contributed by atoms with E-state index in [1.54, 1.807) is 19.3 Å². The fourth-order valence-corrected chi connectivity index (χ4v) is 1.45. The summed E-state index contributed by atoms with van der Waals surface area (Å²) in [5.74, 6) is -0.272. The second kappa shape index (κ2) is 5.22. The van der Waals surface area contributed by atoms with Crippen molar-refractivity contribution < 1.29 is 4.79 Å². The third-order valence-electron chi connectivity index (χ3n) is 2.41. The van der Waals surface area contributed by atoms with Crippen LogP contribution in [0.25, 0.3) is 0 Å². The number of pyridine rings is 1. The summed E-state index contributed by atoms with van der Waals surface area (Å²) in [6.45, 7) is 0.344. The summed E-state index contributed by atoms with van der Waals surface area (Å²) in [6.07, 6.45) is 4.51. The van der Waals surface area contributed by atoms with Gasteiger partial charge < -0.3 is 9.88 Å². The summed E-state index contributed by atoms with van der Waals surface area (Å²) in [7, 11) is 1.66. The van der Waals surface area contributed by atoms with Gasteiger partial charge >= 0.3 is 0 Å². The van der Waals surface area contributed by atoms with Crippen molar-refractivity contribution in [3.05, 3.63) is 58.5 Å². The molecule has 0 aliphatic heterocycles. The lowest BCUT2D eigenvalue weighted by Gasteiger charge is -2.05. The van der Waals surface area contributed by atoms with Crippen LogP contribution >= 0.6 is 0 Å². The molecule has 1 amide bonds. The Hall–Kier alpha value is -2.50. The van der Waals surface area contributed by atoms with Crippen molar-refractivity contribution in [3.63, 3.8) is 0 Å². The third kappa shape index (κ3) is 2.79. The maximum Gasteiger partial charge on any atom is 0.270 e. The van der Waals surface area contributed by atoms with E-state index >= 15 is 0 Å². The molecule has 18 heavy (non-hydrogen) atoms. The van der Waals surface area contributed by atoms with Gasteiger partial charge in [0.2, 0.25) is 5.56 Å². The van der Waals surface area contributed by atoms with Gasteiger partial charge in [0.25, 0.3) is 5.91 Å². The van der Waals surface area contributed by atoms with E-state index in [-0.39, 0.29) is 11.5 Å². The largest absolute Gasteiger partial charge is 0.347 e. The van der Waals surface area contributed by atoms with Gasteiger partial charge in [0, 0.05) is 32.1 Å².